The second-order valence-electron chi connectivity index (χ2n) is 3.33. The van der Waals surface area contributed by atoms with Crippen molar-refractivity contribution < 1.29 is 14.7 Å². The number of rotatable bonds is 6. The van der Waals surface area contributed by atoms with Crippen LogP contribution in [0.25, 0.3) is 0 Å². The molecule has 1 aromatic rings. The number of unbranched alkanes of at least 4 members (excludes halogenated alkanes) is 1. The smallest absolute Gasteiger partial charge is 0.170 e. The lowest BCUT2D eigenvalue weighted by Gasteiger charge is -2.12. The number of hydrogen-bond acceptors (Lipinski definition) is 4. The van der Waals surface area contributed by atoms with Crippen LogP contribution in [0.1, 0.15) is 25.3 Å². The lowest BCUT2D eigenvalue weighted by Crippen LogP contribution is -2.01. The predicted molar refractivity (Wildman–Crippen MR) is 62.8 cm³/mol. The van der Waals surface area contributed by atoms with E-state index in [4.69, 9.17) is 14.7 Å². The first-order valence-electron chi connectivity index (χ1n) is 5.30. The van der Waals surface area contributed by atoms with Gasteiger partial charge in [-0.1, -0.05) is 24.6 Å². The van der Waals surface area contributed by atoms with Gasteiger partial charge >= 0.3 is 0 Å². The minimum Gasteiger partial charge on any atom is -0.493 e. The summed E-state index contributed by atoms with van der Waals surface area (Å²) >= 11 is 0. The Bertz CT molecular complexity index is 350. The summed E-state index contributed by atoms with van der Waals surface area (Å²) in [5, 5.41) is 11.6. The molecule has 0 radical (unpaired) electrons. The molecule has 0 aliphatic carbocycles. The van der Waals surface area contributed by atoms with Crippen molar-refractivity contribution in [2.24, 2.45) is 5.16 Å². The Morgan fingerprint density at radius 2 is 2.25 bits per heavy atom. The first-order chi connectivity index (χ1) is 7.83. The number of hydrogen-bond donors (Lipinski definition) is 1. The average Bonchev–Trinajstić information content (AvgIpc) is 2.31. The van der Waals surface area contributed by atoms with E-state index in [1.165, 1.54) is 6.21 Å². The molecule has 0 aliphatic heterocycles. The van der Waals surface area contributed by atoms with Gasteiger partial charge in [-0.25, -0.2) is 0 Å². The van der Waals surface area contributed by atoms with E-state index in [2.05, 4.69) is 12.1 Å². The van der Waals surface area contributed by atoms with Gasteiger partial charge in [0.2, 0.25) is 0 Å². The highest BCUT2D eigenvalue weighted by atomic mass is 16.5. The Balaban J connectivity index is 2.90. The molecule has 0 heterocycles. The molecule has 88 valence electrons. The minimum absolute atomic E-state index is 0.622. The maximum Gasteiger partial charge on any atom is 0.170 e. The summed E-state index contributed by atoms with van der Waals surface area (Å²) in [4.78, 5) is 0. The zero-order valence-corrected chi connectivity index (χ0v) is 9.64. The van der Waals surface area contributed by atoms with Crippen molar-refractivity contribution in [3.05, 3.63) is 23.8 Å². The van der Waals surface area contributed by atoms with Gasteiger partial charge < -0.3 is 14.7 Å². The maximum atomic E-state index is 8.55. The molecule has 1 N–H and O–H groups in total. The zero-order chi connectivity index (χ0) is 11.8. The first kappa shape index (κ1) is 12.4. The highest BCUT2D eigenvalue weighted by Crippen LogP contribution is 2.30. The quantitative estimate of drug-likeness (QED) is 0.349. The van der Waals surface area contributed by atoms with Crippen molar-refractivity contribution in [3.63, 3.8) is 0 Å². The largest absolute Gasteiger partial charge is 0.493 e. The number of oxime groups is 1. The van der Waals surface area contributed by atoms with E-state index in [0.717, 1.165) is 12.8 Å². The van der Waals surface area contributed by atoms with Crippen LogP contribution in [0.4, 0.5) is 0 Å². The Hall–Kier alpha value is -1.71. The van der Waals surface area contributed by atoms with Gasteiger partial charge in [-0.05, 0) is 18.6 Å². The van der Waals surface area contributed by atoms with Gasteiger partial charge in [0.1, 0.15) is 0 Å². The third-order valence-electron chi connectivity index (χ3n) is 2.17. The summed E-state index contributed by atoms with van der Waals surface area (Å²) in [6.45, 7) is 2.73. The second kappa shape index (κ2) is 6.71. The molecule has 4 nitrogen and oxygen atoms in total. The molecule has 0 spiro atoms. The maximum absolute atomic E-state index is 8.55. The van der Waals surface area contributed by atoms with Crippen LogP contribution in [-0.2, 0) is 0 Å². The van der Waals surface area contributed by atoms with Crippen LogP contribution in [0, 0.1) is 0 Å². The molecule has 0 atom stereocenters. The van der Waals surface area contributed by atoms with E-state index < -0.39 is 0 Å². The van der Waals surface area contributed by atoms with E-state index in [0.29, 0.717) is 23.7 Å². The molecule has 0 saturated carbocycles. The third-order valence-corrected chi connectivity index (χ3v) is 2.17. The van der Waals surface area contributed by atoms with E-state index in [1.54, 1.807) is 7.11 Å². The summed E-state index contributed by atoms with van der Waals surface area (Å²) in [5.41, 5.74) is 0.706. The van der Waals surface area contributed by atoms with E-state index in [-0.39, 0.29) is 0 Å². The Morgan fingerprint density at radius 3 is 2.88 bits per heavy atom. The molecule has 0 fully saturated rings. The first-order valence-corrected chi connectivity index (χ1v) is 5.30. The van der Waals surface area contributed by atoms with Crippen molar-refractivity contribution in [1.29, 1.82) is 0 Å². The van der Waals surface area contributed by atoms with Gasteiger partial charge in [-0.3, -0.25) is 0 Å². The molecule has 0 bridgehead atoms. The Labute approximate surface area is 95.5 Å². The summed E-state index contributed by atoms with van der Waals surface area (Å²) in [6, 6.07) is 5.45. The SMILES string of the molecule is CCCCOc1c(/C=N/O)cccc1OC. The van der Waals surface area contributed by atoms with E-state index in [9.17, 15) is 0 Å². The summed E-state index contributed by atoms with van der Waals surface area (Å²) < 4.78 is 10.8. The van der Waals surface area contributed by atoms with Crippen molar-refractivity contribution in [2.45, 2.75) is 19.8 Å². The summed E-state index contributed by atoms with van der Waals surface area (Å²) in [6.07, 6.45) is 3.39. The molecule has 0 aromatic heterocycles. The summed E-state index contributed by atoms with van der Waals surface area (Å²) in [5.74, 6) is 1.27. The monoisotopic (exact) mass is 223 g/mol. The molecule has 4 heteroatoms. The van der Waals surface area contributed by atoms with Gasteiger partial charge in [0.25, 0.3) is 0 Å². The lowest BCUT2D eigenvalue weighted by molar-refractivity contribution is 0.287. The van der Waals surface area contributed by atoms with Crippen LogP contribution in [0.3, 0.4) is 0 Å². The molecule has 1 rings (SSSR count). The molecule has 16 heavy (non-hydrogen) atoms. The number of para-hydroxylation sites is 1. The summed E-state index contributed by atoms with van der Waals surface area (Å²) in [7, 11) is 1.59. The minimum atomic E-state index is 0.622. The van der Waals surface area contributed by atoms with Crippen molar-refractivity contribution in [3.8, 4) is 11.5 Å². The predicted octanol–water partition coefficient (Wildman–Crippen LogP) is 2.68. The van der Waals surface area contributed by atoms with Crippen LogP contribution in [-0.4, -0.2) is 25.1 Å². The number of methoxy groups -OCH3 is 1. The topological polar surface area (TPSA) is 51.0 Å². The van der Waals surface area contributed by atoms with Crippen LogP contribution >= 0.6 is 0 Å². The van der Waals surface area contributed by atoms with E-state index >= 15 is 0 Å². The number of ether oxygens (including phenoxy) is 2. The molecule has 0 unspecified atom stereocenters. The molecular formula is C12H17NO3. The van der Waals surface area contributed by atoms with Gasteiger partial charge in [0.05, 0.1) is 19.9 Å². The van der Waals surface area contributed by atoms with Gasteiger partial charge in [-0.15, -0.1) is 0 Å². The highest BCUT2D eigenvalue weighted by Gasteiger charge is 2.08. The van der Waals surface area contributed by atoms with Gasteiger partial charge in [-0.2, -0.15) is 0 Å². The van der Waals surface area contributed by atoms with Crippen LogP contribution in [0.5, 0.6) is 11.5 Å². The third kappa shape index (κ3) is 3.15. The number of nitrogens with zero attached hydrogens (tertiary/aromatic N) is 1. The molecule has 1 aromatic carbocycles. The molecule has 0 amide bonds. The fourth-order valence-electron chi connectivity index (χ4n) is 1.33. The Morgan fingerprint density at radius 1 is 1.44 bits per heavy atom. The van der Waals surface area contributed by atoms with E-state index in [1.807, 2.05) is 18.2 Å². The van der Waals surface area contributed by atoms with Crippen LogP contribution in [0.2, 0.25) is 0 Å². The standard InChI is InChI=1S/C12H17NO3/c1-3-4-8-16-12-10(9-13-14)6-5-7-11(12)15-2/h5-7,9,14H,3-4,8H2,1-2H3/b13-9+. The van der Waals surface area contributed by atoms with Crippen LogP contribution < -0.4 is 9.47 Å². The normalized spacial score (nSPS) is 10.6. The van der Waals surface area contributed by atoms with Gasteiger partial charge in [0, 0.05) is 5.56 Å². The second-order valence-corrected chi connectivity index (χ2v) is 3.33. The fourth-order valence-corrected chi connectivity index (χ4v) is 1.33. The van der Waals surface area contributed by atoms with Crippen molar-refractivity contribution in [2.75, 3.05) is 13.7 Å². The molecule has 0 aliphatic rings. The highest BCUT2D eigenvalue weighted by molar-refractivity contribution is 5.84. The van der Waals surface area contributed by atoms with Crippen molar-refractivity contribution in [1.82, 2.24) is 0 Å². The van der Waals surface area contributed by atoms with Gasteiger partial charge in [0.15, 0.2) is 11.5 Å². The lowest BCUT2D eigenvalue weighted by atomic mass is 10.2. The van der Waals surface area contributed by atoms with Crippen molar-refractivity contribution >= 4 is 6.21 Å². The molecule has 0 saturated heterocycles. The fraction of sp³-hybridized carbons (Fsp3) is 0.417. The molecular weight excluding hydrogens is 206 g/mol. The number of benzene rings is 1. The Kier molecular flexibility index (Phi) is 5.19. The average molecular weight is 223 g/mol. The zero-order valence-electron chi connectivity index (χ0n) is 9.64. The van der Waals surface area contributed by atoms with Crippen LogP contribution in [0.15, 0.2) is 23.4 Å².